The average molecular weight is 278 g/mol. The average Bonchev–Trinajstić information content (AvgIpc) is 2.58. The van der Waals surface area contributed by atoms with E-state index in [1.54, 1.807) is 0 Å². The van der Waals surface area contributed by atoms with E-state index in [1.165, 1.54) is 0 Å². The molecule has 17 heavy (non-hydrogen) atoms. The molecule has 0 aromatic rings. The Balaban J connectivity index is 2.56. The molecule has 1 saturated heterocycles. The van der Waals surface area contributed by atoms with Crippen LogP contribution >= 0.6 is 12.2 Å². The summed E-state index contributed by atoms with van der Waals surface area (Å²) in [6.45, 7) is 1.97. The first-order valence-electron chi connectivity index (χ1n) is 5.66. The zero-order chi connectivity index (χ0) is 13.1. The molecule has 7 heteroatoms. The fourth-order valence-electron chi connectivity index (χ4n) is 1.87. The number of hydrogen-bond donors (Lipinski definition) is 2. The molecular formula is C10H18N2O3S2. The van der Waals surface area contributed by atoms with E-state index in [-0.39, 0.29) is 28.4 Å². The molecule has 2 atom stereocenters. The molecule has 1 aliphatic rings. The molecule has 0 aromatic carbocycles. The Morgan fingerprint density at radius 2 is 2.24 bits per heavy atom. The molecule has 3 N–H and O–H groups in total. The summed E-state index contributed by atoms with van der Waals surface area (Å²) in [6, 6.07) is -0.328. The van der Waals surface area contributed by atoms with Crippen molar-refractivity contribution in [1.82, 2.24) is 5.32 Å². The van der Waals surface area contributed by atoms with Crippen LogP contribution in [0.4, 0.5) is 0 Å². The van der Waals surface area contributed by atoms with Crippen LogP contribution in [0.3, 0.4) is 0 Å². The highest BCUT2D eigenvalue weighted by Gasteiger charge is 2.33. The Morgan fingerprint density at radius 3 is 2.65 bits per heavy atom. The maximum atomic E-state index is 11.8. The van der Waals surface area contributed by atoms with Gasteiger partial charge in [0.25, 0.3) is 0 Å². The van der Waals surface area contributed by atoms with Crippen molar-refractivity contribution in [2.75, 3.05) is 11.5 Å². The molecule has 1 amide bonds. The highest BCUT2D eigenvalue weighted by molar-refractivity contribution is 7.91. The summed E-state index contributed by atoms with van der Waals surface area (Å²) >= 11 is 4.87. The van der Waals surface area contributed by atoms with Gasteiger partial charge in [-0.15, -0.1) is 0 Å². The van der Waals surface area contributed by atoms with E-state index >= 15 is 0 Å². The molecule has 5 nitrogen and oxygen atoms in total. The third-order valence-corrected chi connectivity index (χ3v) is 4.89. The van der Waals surface area contributed by atoms with Crippen molar-refractivity contribution in [2.45, 2.75) is 32.2 Å². The van der Waals surface area contributed by atoms with Crippen LogP contribution in [0.15, 0.2) is 0 Å². The number of sulfone groups is 1. The minimum Gasteiger partial charge on any atom is -0.392 e. The molecule has 1 fully saturated rings. The van der Waals surface area contributed by atoms with Gasteiger partial charge in [0.1, 0.15) is 0 Å². The number of hydrogen-bond acceptors (Lipinski definition) is 4. The third-order valence-electron chi connectivity index (χ3n) is 2.84. The van der Waals surface area contributed by atoms with Gasteiger partial charge in [-0.05, 0) is 12.8 Å². The summed E-state index contributed by atoms with van der Waals surface area (Å²) in [7, 11) is -3.03. The van der Waals surface area contributed by atoms with E-state index in [0.717, 1.165) is 6.42 Å². The number of carbonyl (C=O) groups is 1. The molecule has 1 aliphatic heterocycles. The number of nitrogens with two attached hydrogens (primary N) is 1. The highest BCUT2D eigenvalue weighted by Crippen LogP contribution is 2.18. The number of amides is 1. The van der Waals surface area contributed by atoms with Crippen LogP contribution in [0.2, 0.25) is 0 Å². The van der Waals surface area contributed by atoms with Gasteiger partial charge in [0.2, 0.25) is 5.91 Å². The van der Waals surface area contributed by atoms with E-state index in [4.69, 9.17) is 18.0 Å². The second-order valence-electron chi connectivity index (χ2n) is 4.35. The smallest absolute Gasteiger partial charge is 0.224 e. The topological polar surface area (TPSA) is 89.3 Å². The van der Waals surface area contributed by atoms with E-state index in [0.29, 0.717) is 12.8 Å². The lowest BCUT2D eigenvalue weighted by molar-refractivity contribution is -0.124. The van der Waals surface area contributed by atoms with E-state index < -0.39 is 15.8 Å². The monoisotopic (exact) mass is 278 g/mol. The number of nitrogens with one attached hydrogen (secondary N) is 1. The fraction of sp³-hybridized carbons (Fsp3) is 0.800. The number of thiocarbonyl (C=S) groups is 1. The molecule has 1 rings (SSSR count). The van der Waals surface area contributed by atoms with Crippen molar-refractivity contribution in [3.05, 3.63) is 0 Å². The van der Waals surface area contributed by atoms with E-state index in [9.17, 15) is 13.2 Å². The molecule has 0 aliphatic carbocycles. The van der Waals surface area contributed by atoms with Crippen molar-refractivity contribution in [3.63, 3.8) is 0 Å². The van der Waals surface area contributed by atoms with Crippen molar-refractivity contribution < 1.29 is 13.2 Å². The Kier molecular flexibility index (Phi) is 4.88. The molecule has 0 radical (unpaired) electrons. The van der Waals surface area contributed by atoms with Crippen LogP contribution < -0.4 is 11.1 Å². The van der Waals surface area contributed by atoms with Crippen molar-refractivity contribution in [3.8, 4) is 0 Å². The molecule has 2 unspecified atom stereocenters. The Hall–Kier alpha value is -0.690. The Labute approximate surface area is 107 Å². The van der Waals surface area contributed by atoms with Gasteiger partial charge in [0.15, 0.2) is 9.84 Å². The van der Waals surface area contributed by atoms with Crippen LogP contribution in [0, 0.1) is 5.92 Å². The predicted octanol–water partition coefficient (Wildman–Crippen LogP) is -0.00790. The fourth-order valence-corrected chi connectivity index (χ4v) is 3.78. The molecule has 0 spiro atoms. The van der Waals surface area contributed by atoms with Gasteiger partial charge in [-0.3, -0.25) is 4.79 Å². The van der Waals surface area contributed by atoms with Crippen molar-refractivity contribution >= 4 is 33.0 Å². The normalized spacial score (nSPS) is 24.2. The van der Waals surface area contributed by atoms with Crippen LogP contribution in [-0.2, 0) is 14.6 Å². The lowest BCUT2D eigenvalue weighted by Crippen LogP contribution is -2.46. The summed E-state index contributed by atoms with van der Waals surface area (Å²) < 4.78 is 22.5. The van der Waals surface area contributed by atoms with Crippen LogP contribution in [0.25, 0.3) is 0 Å². The predicted molar refractivity (Wildman–Crippen MR) is 70.4 cm³/mol. The highest BCUT2D eigenvalue weighted by atomic mass is 32.2. The summed E-state index contributed by atoms with van der Waals surface area (Å²) in [5.74, 6) is -0.669. The van der Waals surface area contributed by atoms with Crippen molar-refractivity contribution in [1.29, 1.82) is 0 Å². The molecule has 0 bridgehead atoms. The lowest BCUT2D eigenvalue weighted by Gasteiger charge is -2.18. The molecule has 0 aromatic heterocycles. The van der Waals surface area contributed by atoms with Crippen LogP contribution in [0.1, 0.15) is 26.2 Å². The quantitative estimate of drug-likeness (QED) is 0.691. The van der Waals surface area contributed by atoms with E-state index in [2.05, 4.69) is 5.32 Å². The van der Waals surface area contributed by atoms with Gasteiger partial charge in [-0.25, -0.2) is 8.42 Å². The Morgan fingerprint density at radius 1 is 1.59 bits per heavy atom. The van der Waals surface area contributed by atoms with Crippen LogP contribution in [0.5, 0.6) is 0 Å². The zero-order valence-electron chi connectivity index (χ0n) is 9.81. The second-order valence-corrected chi connectivity index (χ2v) is 7.05. The molecule has 0 saturated carbocycles. The number of carbonyl (C=O) groups excluding carboxylic acids is 1. The summed E-state index contributed by atoms with van der Waals surface area (Å²) in [6.07, 6.45) is 1.93. The zero-order valence-corrected chi connectivity index (χ0v) is 11.4. The maximum absolute atomic E-state index is 11.8. The second kappa shape index (κ2) is 5.77. The number of rotatable bonds is 5. The summed E-state index contributed by atoms with van der Waals surface area (Å²) in [5, 5.41) is 2.73. The van der Waals surface area contributed by atoms with Gasteiger partial charge in [-0.1, -0.05) is 25.6 Å². The third kappa shape index (κ3) is 4.23. The molecular weight excluding hydrogens is 260 g/mol. The van der Waals surface area contributed by atoms with Crippen LogP contribution in [-0.4, -0.2) is 36.9 Å². The molecule has 98 valence electrons. The minimum atomic E-state index is -3.03. The van der Waals surface area contributed by atoms with Gasteiger partial charge in [-0.2, -0.15) is 0 Å². The van der Waals surface area contributed by atoms with Gasteiger partial charge >= 0.3 is 0 Å². The largest absolute Gasteiger partial charge is 0.392 e. The molecule has 1 heterocycles. The first-order valence-corrected chi connectivity index (χ1v) is 7.89. The summed E-state index contributed by atoms with van der Waals surface area (Å²) in [4.78, 5) is 12.1. The first kappa shape index (κ1) is 14.4. The van der Waals surface area contributed by atoms with Gasteiger partial charge < -0.3 is 11.1 Å². The Bertz CT molecular complexity index is 406. The standard InChI is InChI=1S/C10H18N2O3S2/c1-2-3-8(9(11)16)12-10(13)7-4-5-17(14,15)6-7/h7-8H,2-6H2,1H3,(H2,11,16)(H,12,13). The van der Waals surface area contributed by atoms with Crippen molar-refractivity contribution in [2.24, 2.45) is 11.7 Å². The minimum absolute atomic E-state index is 0.0605. The van der Waals surface area contributed by atoms with Gasteiger partial charge in [0.05, 0.1) is 28.5 Å². The van der Waals surface area contributed by atoms with E-state index in [1.807, 2.05) is 6.92 Å². The maximum Gasteiger partial charge on any atom is 0.224 e. The SMILES string of the molecule is CCCC(NC(=O)C1CCS(=O)(=O)C1)C(N)=S. The lowest BCUT2D eigenvalue weighted by atomic mass is 10.1. The first-order chi connectivity index (χ1) is 7.85. The summed E-state index contributed by atoms with van der Waals surface area (Å²) in [5.41, 5.74) is 5.52. The van der Waals surface area contributed by atoms with Gasteiger partial charge in [0, 0.05) is 0 Å².